The Morgan fingerprint density at radius 3 is 2.05 bits per heavy atom. The maximum Gasteiger partial charge on any atom is 0.490 e. The van der Waals surface area contributed by atoms with E-state index >= 15 is 0 Å². The molecule has 118 valence electrons. The fraction of sp³-hybridized carbons (Fsp3) is 0.385. The number of Topliss-reactive ketones (excluding diaryl/α,β-unsaturated/α-hetero) is 1. The number of rotatable bonds is 5. The first-order valence-corrected chi connectivity index (χ1v) is 6.01. The molecular formula is C13H17F3N2O3. The van der Waals surface area contributed by atoms with E-state index in [-0.39, 0.29) is 12.3 Å². The standard InChI is InChI=1S/C11H16N2O.C2HF3O2/c12-8-10(13)11(14)7-6-9-4-2-1-3-5-9;3-2(4,5)1(6)7/h1-5,10H,6-8,12-13H2;(H,6,7). The zero-order chi connectivity index (χ0) is 16.5. The topological polar surface area (TPSA) is 106 Å². The fourth-order valence-corrected chi connectivity index (χ4v) is 1.23. The number of carbonyl (C=O) groups is 2. The van der Waals surface area contributed by atoms with E-state index < -0.39 is 18.2 Å². The number of benzene rings is 1. The van der Waals surface area contributed by atoms with Crippen LogP contribution in [0.3, 0.4) is 0 Å². The zero-order valence-electron chi connectivity index (χ0n) is 11.1. The minimum atomic E-state index is -5.08. The molecule has 1 aromatic carbocycles. The van der Waals surface area contributed by atoms with Crippen LogP contribution in [0, 0.1) is 0 Å². The van der Waals surface area contributed by atoms with Gasteiger partial charge < -0.3 is 16.6 Å². The molecule has 0 radical (unpaired) electrons. The van der Waals surface area contributed by atoms with Crippen LogP contribution in [-0.2, 0) is 16.0 Å². The average molecular weight is 306 g/mol. The van der Waals surface area contributed by atoms with Gasteiger partial charge in [0.05, 0.1) is 6.04 Å². The molecule has 0 amide bonds. The molecule has 0 saturated carbocycles. The number of ketones is 1. The lowest BCUT2D eigenvalue weighted by molar-refractivity contribution is -0.192. The lowest BCUT2D eigenvalue weighted by Crippen LogP contribution is -2.37. The Balaban J connectivity index is 0.000000486. The van der Waals surface area contributed by atoms with Gasteiger partial charge in [-0.15, -0.1) is 0 Å². The van der Waals surface area contributed by atoms with Gasteiger partial charge in [0.1, 0.15) is 0 Å². The average Bonchev–Trinajstić information content (AvgIpc) is 2.44. The van der Waals surface area contributed by atoms with Crippen molar-refractivity contribution in [1.82, 2.24) is 0 Å². The molecule has 0 saturated heterocycles. The maximum atomic E-state index is 11.3. The number of nitrogens with two attached hydrogens (primary N) is 2. The van der Waals surface area contributed by atoms with Crippen molar-refractivity contribution < 1.29 is 27.9 Å². The predicted molar refractivity (Wildman–Crippen MR) is 70.5 cm³/mol. The quantitative estimate of drug-likeness (QED) is 0.755. The molecule has 0 spiro atoms. The molecule has 5 N–H and O–H groups in total. The van der Waals surface area contributed by atoms with Crippen molar-refractivity contribution in [3.8, 4) is 0 Å². The van der Waals surface area contributed by atoms with E-state index in [0.29, 0.717) is 6.42 Å². The number of halogens is 3. The highest BCUT2D eigenvalue weighted by Crippen LogP contribution is 2.13. The molecule has 1 aromatic rings. The van der Waals surface area contributed by atoms with Crippen LogP contribution in [0.15, 0.2) is 30.3 Å². The van der Waals surface area contributed by atoms with Crippen LogP contribution in [0.1, 0.15) is 12.0 Å². The van der Waals surface area contributed by atoms with Crippen molar-refractivity contribution in [1.29, 1.82) is 0 Å². The third-order valence-electron chi connectivity index (χ3n) is 2.41. The fourth-order valence-electron chi connectivity index (χ4n) is 1.23. The Morgan fingerprint density at radius 1 is 1.19 bits per heavy atom. The number of aliphatic carboxylic acids is 1. The monoisotopic (exact) mass is 306 g/mol. The number of hydrogen-bond acceptors (Lipinski definition) is 4. The van der Waals surface area contributed by atoms with E-state index in [0.717, 1.165) is 12.0 Å². The summed E-state index contributed by atoms with van der Waals surface area (Å²) in [7, 11) is 0. The Hall–Kier alpha value is -1.93. The van der Waals surface area contributed by atoms with Crippen LogP contribution >= 0.6 is 0 Å². The highest BCUT2D eigenvalue weighted by molar-refractivity contribution is 5.84. The van der Waals surface area contributed by atoms with Crippen molar-refractivity contribution >= 4 is 11.8 Å². The Labute approximate surface area is 119 Å². The summed E-state index contributed by atoms with van der Waals surface area (Å²) >= 11 is 0. The zero-order valence-corrected chi connectivity index (χ0v) is 11.1. The minimum Gasteiger partial charge on any atom is -0.475 e. The first-order chi connectivity index (χ1) is 9.68. The molecular weight excluding hydrogens is 289 g/mol. The van der Waals surface area contributed by atoms with E-state index in [9.17, 15) is 18.0 Å². The van der Waals surface area contributed by atoms with Gasteiger partial charge in [-0.05, 0) is 12.0 Å². The lowest BCUT2D eigenvalue weighted by atomic mass is 10.0. The second-order valence-corrected chi connectivity index (χ2v) is 4.10. The molecule has 21 heavy (non-hydrogen) atoms. The number of hydrogen-bond donors (Lipinski definition) is 3. The number of carboxylic acid groups (broad SMARTS) is 1. The van der Waals surface area contributed by atoms with Gasteiger partial charge in [0, 0.05) is 13.0 Å². The summed E-state index contributed by atoms with van der Waals surface area (Å²) in [6.45, 7) is 0.230. The summed E-state index contributed by atoms with van der Waals surface area (Å²) in [5.74, 6) is -2.72. The number of alkyl halides is 3. The molecule has 1 atom stereocenters. The maximum absolute atomic E-state index is 11.3. The van der Waals surface area contributed by atoms with Crippen molar-refractivity contribution in [2.24, 2.45) is 11.5 Å². The van der Waals surface area contributed by atoms with Gasteiger partial charge in [0.25, 0.3) is 0 Å². The molecule has 0 aliphatic rings. The molecule has 8 heteroatoms. The molecule has 5 nitrogen and oxygen atoms in total. The SMILES string of the molecule is NCC(N)C(=O)CCc1ccccc1.O=C(O)C(F)(F)F. The molecule has 0 aliphatic carbocycles. The summed E-state index contributed by atoms with van der Waals surface area (Å²) in [5, 5.41) is 7.12. The number of carboxylic acids is 1. The van der Waals surface area contributed by atoms with Gasteiger partial charge in [0.15, 0.2) is 5.78 Å². The van der Waals surface area contributed by atoms with E-state index in [2.05, 4.69) is 0 Å². The highest BCUT2D eigenvalue weighted by atomic mass is 19.4. The minimum absolute atomic E-state index is 0.0383. The highest BCUT2D eigenvalue weighted by Gasteiger charge is 2.38. The van der Waals surface area contributed by atoms with Crippen LogP contribution in [0.5, 0.6) is 0 Å². The van der Waals surface area contributed by atoms with Gasteiger partial charge in [-0.25, -0.2) is 4.79 Å². The lowest BCUT2D eigenvalue weighted by Gasteiger charge is -2.06. The third-order valence-corrected chi connectivity index (χ3v) is 2.41. The Bertz CT molecular complexity index is 450. The van der Waals surface area contributed by atoms with E-state index in [1.165, 1.54) is 0 Å². The molecule has 0 fully saturated rings. The molecule has 1 unspecified atom stereocenters. The largest absolute Gasteiger partial charge is 0.490 e. The van der Waals surface area contributed by atoms with Crippen LogP contribution < -0.4 is 11.5 Å². The van der Waals surface area contributed by atoms with Crippen molar-refractivity contribution in [3.05, 3.63) is 35.9 Å². The number of carbonyl (C=O) groups excluding carboxylic acids is 1. The molecule has 0 aliphatic heterocycles. The van der Waals surface area contributed by atoms with Crippen molar-refractivity contribution in [3.63, 3.8) is 0 Å². The van der Waals surface area contributed by atoms with E-state index in [1.54, 1.807) is 0 Å². The van der Waals surface area contributed by atoms with Crippen molar-refractivity contribution in [2.75, 3.05) is 6.54 Å². The van der Waals surface area contributed by atoms with E-state index in [1.807, 2.05) is 30.3 Å². The molecule has 1 rings (SSSR count). The summed E-state index contributed by atoms with van der Waals surface area (Å²) < 4.78 is 31.7. The van der Waals surface area contributed by atoms with Crippen LogP contribution in [-0.4, -0.2) is 35.6 Å². The summed E-state index contributed by atoms with van der Waals surface area (Å²) in [6.07, 6.45) is -3.87. The van der Waals surface area contributed by atoms with Crippen LogP contribution in [0.25, 0.3) is 0 Å². The first-order valence-electron chi connectivity index (χ1n) is 6.01. The van der Waals surface area contributed by atoms with Gasteiger partial charge in [-0.1, -0.05) is 30.3 Å². The van der Waals surface area contributed by atoms with Crippen LogP contribution in [0.2, 0.25) is 0 Å². The molecule has 0 aromatic heterocycles. The van der Waals surface area contributed by atoms with Crippen molar-refractivity contribution in [2.45, 2.75) is 25.1 Å². The molecule has 0 bridgehead atoms. The normalized spacial score (nSPS) is 12.0. The summed E-state index contributed by atoms with van der Waals surface area (Å²) in [5.41, 5.74) is 12.0. The van der Waals surface area contributed by atoms with Gasteiger partial charge in [0.2, 0.25) is 0 Å². The second kappa shape index (κ2) is 9.09. The second-order valence-electron chi connectivity index (χ2n) is 4.10. The van der Waals surface area contributed by atoms with Gasteiger partial charge in [-0.2, -0.15) is 13.2 Å². The number of aryl methyl sites for hydroxylation is 1. The Kier molecular flexibility index (Phi) is 8.25. The first kappa shape index (κ1) is 19.1. The molecule has 0 heterocycles. The van der Waals surface area contributed by atoms with Gasteiger partial charge in [-0.3, -0.25) is 4.79 Å². The van der Waals surface area contributed by atoms with E-state index in [4.69, 9.17) is 21.4 Å². The van der Waals surface area contributed by atoms with Gasteiger partial charge >= 0.3 is 12.1 Å². The summed E-state index contributed by atoms with van der Waals surface area (Å²) in [4.78, 5) is 20.2. The predicted octanol–water partition coefficient (Wildman–Crippen LogP) is 1.11. The summed E-state index contributed by atoms with van der Waals surface area (Å²) in [6, 6.07) is 9.38. The Morgan fingerprint density at radius 2 is 1.67 bits per heavy atom. The van der Waals surface area contributed by atoms with Crippen LogP contribution in [0.4, 0.5) is 13.2 Å². The third kappa shape index (κ3) is 8.77. The smallest absolute Gasteiger partial charge is 0.475 e.